The van der Waals surface area contributed by atoms with Gasteiger partial charge in [0.1, 0.15) is 0 Å². The van der Waals surface area contributed by atoms with Crippen LogP contribution in [0.15, 0.2) is 170 Å². The zero-order valence-electron chi connectivity index (χ0n) is 31.1. The van der Waals surface area contributed by atoms with E-state index in [4.69, 9.17) is 0 Å². The van der Waals surface area contributed by atoms with Crippen molar-refractivity contribution >= 4 is 88.0 Å². The minimum absolute atomic E-state index is 1.15. The number of hydrogen-bond donors (Lipinski definition) is 0. The molecule has 0 atom stereocenters. The van der Waals surface area contributed by atoms with Crippen molar-refractivity contribution in [3.8, 4) is 0 Å². The molecule has 0 unspecified atom stereocenters. The molecule has 0 spiro atoms. The fourth-order valence-electron chi connectivity index (χ4n) is 8.81. The quantitative estimate of drug-likeness (QED) is 0.160. The molecule has 0 aliphatic carbocycles. The van der Waals surface area contributed by atoms with Gasteiger partial charge in [-0.3, -0.25) is 0 Å². The Kier molecular flexibility index (Phi) is 7.42. The zero-order chi connectivity index (χ0) is 36.5. The molecule has 10 aromatic carbocycles. The van der Waals surface area contributed by atoms with Gasteiger partial charge in [-0.1, -0.05) is 109 Å². The number of aryl methyl sites for hydroxylation is 4. The van der Waals surface area contributed by atoms with Crippen LogP contribution >= 0.6 is 0 Å². The van der Waals surface area contributed by atoms with E-state index >= 15 is 0 Å². The fourth-order valence-corrected chi connectivity index (χ4v) is 8.81. The highest BCUT2D eigenvalue weighted by molar-refractivity contribution is 6.28. The average Bonchev–Trinajstić information content (AvgIpc) is 3.17. The summed E-state index contributed by atoms with van der Waals surface area (Å²) in [4.78, 5) is 4.91. The summed E-state index contributed by atoms with van der Waals surface area (Å²) in [6.45, 7) is 8.77. The van der Waals surface area contributed by atoms with Gasteiger partial charge in [-0.2, -0.15) is 0 Å². The van der Waals surface area contributed by atoms with Crippen molar-refractivity contribution in [3.63, 3.8) is 0 Å². The molecule has 0 aliphatic heterocycles. The minimum Gasteiger partial charge on any atom is -0.310 e. The van der Waals surface area contributed by atoms with Crippen molar-refractivity contribution in [2.45, 2.75) is 27.7 Å². The Bertz CT molecular complexity index is 2810. The molecule has 0 fully saturated rings. The Hall–Kier alpha value is -6.64. The molecule has 10 rings (SSSR count). The molecule has 0 bridgehead atoms. The molecular weight excluding hydrogens is 653 g/mol. The molecule has 54 heavy (non-hydrogen) atoms. The first-order valence-electron chi connectivity index (χ1n) is 18.8. The molecule has 10 aromatic rings. The molecule has 2 heteroatoms. The van der Waals surface area contributed by atoms with Crippen LogP contribution in [-0.2, 0) is 0 Å². The standard InChI is InChI=1S/C52H40N2/c1-33-25-34(2)28-45(27-33)53(43-19-13-37-9-5-7-11-41(37)31-43)49-23-17-39-16-22-48-50(24-18-40-15-21-47(49)51(39)52(40)48)54(46-29-35(3)26-36(4)30-46)44-20-14-38-10-6-8-12-42(38)32-44/h5-32H,1-4H3. The first-order valence-corrected chi connectivity index (χ1v) is 18.8. The van der Waals surface area contributed by atoms with E-state index in [0.717, 1.165) is 22.7 Å². The maximum Gasteiger partial charge on any atom is 0.0540 e. The SMILES string of the molecule is Cc1cc(C)cc(N(c2ccc3ccccc3c2)c2ccc3ccc4c(N(c5cc(C)cc(C)c5)c5ccc6ccccc6c5)ccc5ccc2c3c54)c1. The van der Waals surface area contributed by atoms with Crippen LogP contribution in [0.5, 0.6) is 0 Å². The molecule has 0 saturated heterocycles. The summed E-state index contributed by atoms with van der Waals surface area (Å²) in [7, 11) is 0. The Morgan fingerprint density at radius 1 is 0.278 bits per heavy atom. The maximum atomic E-state index is 2.45. The van der Waals surface area contributed by atoms with Crippen LogP contribution in [0.3, 0.4) is 0 Å². The summed E-state index contributed by atoms with van der Waals surface area (Å²) < 4.78 is 0. The molecular formula is C52H40N2. The van der Waals surface area contributed by atoms with Crippen LogP contribution < -0.4 is 9.80 Å². The maximum absolute atomic E-state index is 2.45. The number of nitrogens with zero attached hydrogens (tertiary/aromatic N) is 2. The topological polar surface area (TPSA) is 6.48 Å². The smallest absolute Gasteiger partial charge is 0.0540 e. The van der Waals surface area contributed by atoms with Crippen LogP contribution in [-0.4, -0.2) is 0 Å². The van der Waals surface area contributed by atoms with Crippen molar-refractivity contribution in [2.24, 2.45) is 0 Å². The number of anilines is 6. The van der Waals surface area contributed by atoms with E-state index in [1.807, 2.05) is 0 Å². The van der Waals surface area contributed by atoms with Crippen molar-refractivity contribution in [2.75, 3.05) is 9.80 Å². The summed E-state index contributed by atoms with van der Waals surface area (Å²) in [6.07, 6.45) is 0. The lowest BCUT2D eigenvalue weighted by Gasteiger charge is -2.30. The van der Waals surface area contributed by atoms with Gasteiger partial charge in [0.25, 0.3) is 0 Å². The van der Waals surface area contributed by atoms with Gasteiger partial charge in [0.15, 0.2) is 0 Å². The lowest BCUT2D eigenvalue weighted by molar-refractivity contribution is 1.27. The summed E-state index contributed by atoms with van der Waals surface area (Å²) in [5.41, 5.74) is 11.9. The zero-order valence-corrected chi connectivity index (χ0v) is 31.1. The van der Waals surface area contributed by atoms with Crippen LogP contribution in [0.4, 0.5) is 34.1 Å². The Labute approximate surface area is 316 Å². The number of benzene rings is 10. The third-order valence-corrected chi connectivity index (χ3v) is 11.0. The summed E-state index contributed by atoms with van der Waals surface area (Å²) in [5, 5.41) is 12.5. The van der Waals surface area contributed by atoms with Gasteiger partial charge < -0.3 is 9.80 Å². The monoisotopic (exact) mass is 692 g/mol. The van der Waals surface area contributed by atoms with Gasteiger partial charge in [-0.25, -0.2) is 0 Å². The number of rotatable bonds is 6. The highest BCUT2D eigenvalue weighted by Crippen LogP contribution is 2.48. The molecule has 258 valence electrons. The molecule has 0 N–H and O–H groups in total. The minimum atomic E-state index is 1.15. The summed E-state index contributed by atoms with van der Waals surface area (Å²) in [5.74, 6) is 0. The van der Waals surface area contributed by atoms with E-state index in [0.29, 0.717) is 0 Å². The third-order valence-electron chi connectivity index (χ3n) is 11.0. The molecule has 0 radical (unpaired) electrons. The molecule has 0 amide bonds. The van der Waals surface area contributed by atoms with Crippen molar-refractivity contribution in [3.05, 3.63) is 192 Å². The number of fused-ring (bicyclic) bond motifs is 2. The van der Waals surface area contributed by atoms with E-state index in [1.165, 1.54) is 87.5 Å². The van der Waals surface area contributed by atoms with Crippen LogP contribution in [0.2, 0.25) is 0 Å². The molecule has 2 nitrogen and oxygen atoms in total. The van der Waals surface area contributed by atoms with E-state index in [-0.39, 0.29) is 0 Å². The van der Waals surface area contributed by atoms with E-state index < -0.39 is 0 Å². The van der Waals surface area contributed by atoms with Crippen molar-refractivity contribution < 1.29 is 0 Å². The van der Waals surface area contributed by atoms with Gasteiger partial charge in [0, 0.05) is 33.5 Å². The largest absolute Gasteiger partial charge is 0.310 e. The van der Waals surface area contributed by atoms with Crippen molar-refractivity contribution in [1.82, 2.24) is 0 Å². The normalized spacial score (nSPS) is 11.7. The molecule has 0 saturated carbocycles. The van der Waals surface area contributed by atoms with Gasteiger partial charge in [-0.15, -0.1) is 0 Å². The summed E-state index contributed by atoms with van der Waals surface area (Å²) >= 11 is 0. The summed E-state index contributed by atoms with van der Waals surface area (Å²) in [6, 6.07) is 63.2. The van der Waals surface area contributed by atoms with Crippen molar-refractivity contribution in [1.29, 1.82) is 0 Å². The second kappa shape index (κ2) is 12.5. The highest BCUT2D eigenvalue weighted by Gasteiger charge is 2.22. The van der Waals surface area contributed by atoms with E-state index in [1.54, 1.807) is 0 Å². The Morgan fingerprint density at radius 3 is 1.04 bits per heavy atom. The first kappa shape index (κ1) is 32.0. The lowest BCUT2D eigenvalue weighted by atomic mass is 9.91. The van der Waals surface area contributed by atoms with Gasteiger partial charge >= 0.3 is 0 Å². The second-order valence-electron chi connectivity index (χ2n) is 15.0. The average molecular weight is 693 g/mol. The van der Waals surface area contributed by atoms with E-state index in [9.17, 15) is 0 Å². The predicted octanol–water partition coefficient (Wildman–Crippen LogP) is 15.1. The van der Waals surface area contributed by atoms with Gasteiger partial charge in [-0.05, 0) is 154 Å². The van der Waals surface area contributed by atoms with E-state index in [2.05, 4.69) is 207 Å². The Morgan fingerprint density at radius 2 is 0.630 bits per heavy atom. The lowest BCUT2D eigenvalue weighted by Crippen LogP contribution is -2.12. The highest BCUT2D eigenvalue weighted by atomic mass is 15.1. The first-order chi connectivity index (χ1) is 26.4. The number of hydrogen-bond acceptors (Lipinski definition) is 2. The van der Waals surface area contributed by atoms with Gasteiger partial charge in [0.2, 0.25) is 0 Å². The molecule has 0 heterocycles. The van der Waals surface area contributed by atoms with Crippen LogP contribution in [0.1, 0.15) is 22.3 Å². The predicted molar refractivity (Wildman–Crippen MR) is 233 cm³/mol. The van der Waals surface area contributed by atoms with Crippen LogP contribution in [0.25, 0.3) is 53.9 Å². The fraction of sp³-hybridized carbons (Fsp3) is 0.0769. The molecule has 0 aliphatic rings. The van der Waals surface area contributed by atoms with Gasteiger partial charge in [0.05, 0.1) is 11.4 Å². The van der Waals surface area contributed by atoms with Crippen LogP contribution in [0, 0.1) is 27.7 Å². The Balaban J connectivity index is 1.25. The second-order valence-corrected chi connectivity index (χ2v) is 15.0. The third kappa shape index (κ3) is 5.33. The molecule has 0 aromatic heterocycles.